The van der Waals surface area contributed by atoms with E-state index in [4.69, 9.17) is 10.5 Å². The summed E-state index contributed by atoms with van der Waals surface area (Å²) in [6.45, 7) is 0. The molecule has 0 saturated heterocycles. The summed E-state index contributed by atoms with van der Waals surface area (Å²) in [5, 5.41) is 2.67. The van der Waals surface area contributed by atoms with E-state index in [1.165, 1.54) is 36.4 Å². The lowest BCUT2D eigenvalue weighted by molar-refractivity contribution is 0.0999. The highest BCUT2D eigenvalue weighted by molar-refractivity contribution is 14.1. The minimum atomic E-state index is -3.53. The molecule has 0 radical (unpaired) electrons. The number of carbonyl (C=O) groups excluding carboxylic acids is 1. The van der Waals surface area contributed by atoms with Gasteiger partial charge in [0.15, 0.2) is 0 Å². The molecule has 1 amide bonds. The number of hydrogen-bond donors (Lipinski definition) is 3. The Labute approximate surface area is 190 Å². The van der Waals surface area contributed by atoms with Crippen molar-refractivity contribution in [3.05, 3.63) is 75.4 Å². The van der Waals surface area contributed by atoms with E-state index in [0.717, 1.165) is 18.4 Å². The Kier molecular flexibility index (Phi) is 6.65. The van der Waals surface area contributed by atoms with E-state index in [1.807, 2.05) is 22.6 Å². The molecule has 3 rings (SSSR count). The Morgan fingerprint density at radius 2 is 1.81 bits per heavy atom. The molecule has 0 aliphatic carbocycles. The summed E-state index contributed by atoms with van der Waals surface area (Å²) in [4.78, 5) is 12.1. The maximum Gasteiger partial charge on any atom is 0.254 e. The summed E-state index contributed by atoms with van der Waals surface area (Å²) in [7, 11) is -3.53. The van der Waals surface area contributed by atoms with Gasteiger partial charge in [0.05, 0.1) is 23.3 Å². The van der Waals surface area contributed by atoms with E-state index in [9.17, 15) is 22.0 Å². The zero-order valence-electron chi connectivity index (χ0n) is 15.9. The molecule has 3 aromatic carbocycles. The van der Waals surface area contributed by atoms with Crippen LogP contribution in [0.25, 0.3) is 0 Å². The summed E-state index contributed by atoms with van der Waals surface area (Å²) >= 11 is 1.94. The highest BCUT2D eigenvalue weighted by atomic mass is 127. The fourth-order valence-corrected chi connectivity index (χ4v) is 3.72. The number of rotatable bonds is 7. The van der Waals surface area contributed by atoms with Crippen LogP contribution in [0.5, 0.6) is 11.5 Å². The van der Waals surface area contributed by atoms with E-state index >= 15 is 0 Å². The number of ether oxygens (including phenoxy) is 1. The molecule has 0 saturated carbocycles. The molecule has 0 bridgehead atoms. The van der Waals surface area contributed by atoms with Crippen LogP contribution in [-0.2, 0) is 10.0 Å². The van der Waals surface area contributed by atoms with Crippen LogP contribution in [0.4, 0.5) is 25.8 Å². The molecular weight excluding hydrogens is 543 g/mol. The minimum absolute atomic E-state index is 0.0128. The first-order valence-electron chi connectivity index (χ1n) is 8.63. The molecule has 11 heteroatoms. The summed E-state index contributed by atoms with van der Waals surface area (Å²) in [5.41, 5.74) is 5.40. The lowest BCUT2D eigenvalue weighted by atomic mass is 10.1. The Bertz CT molecular complexity index is 1270. The van der Waals surface area contributed by atoms with Crippen LogP contribution < -0.4 is 20.5 Å². The quantitative estimate of drug-likeness (QED) is 0.368. The van der Waals surface area contributed by atoms with Crippen molar-refractivity contribution in [3.63, 3.8) is 0 Å². The second-order valence-electron chi connectivity index (χ2n) is 6.44. The number of nitrogens with two attached hydrogens (primary N) is 1. The fraction of sp³-hybridized carbons (Fsp3) is 0.0500. The predicted molar refractivity (Wildman–Crippen MR) is 122 cm³/mol. The van der Waals surface area contributed by atoms with Crippen LogP contribution in [0.2, 0.25) is 0 Å². The number of nitrogens with one attached hydrogen (secondary N) is 2. The lowest BCUT2D eigenvalue weighted by Gasteiger charge is -2.16. The predicted octanol–water partition coefficient (Wildman–Crippen LogP) is 4.58. The molecule has 0 atom stereocenters. The zero-order chi connectivity index (χ0) is 22.8. The molecule has 7 nitrogen and oxygen atoms in total. The van der Waals surface area contributed by atoms with Gasteiger partial charge in [0, 0.05) is 15.7 Å². The monoisotopic (exact) mass is 559 g/mol. The van der Waals surface area contributed by atoms with Crippen LogP contribution in [0.1, 0.15) is 10.4 Å². The van der Waals surface area contributed by atoms with Gasteiger partial charge in [0.25, 0.3) is 5.91 Å². The molecular formula is C20H16F2IN3O4S. The third kappa shape index (κ3) is 6.04. The van der Waals surface area contributed by atoms with Crippen LogP contribution in [-0.4, -0.2) is 20.6 Å². The number of primary amides is 1. The second-order valence-corrected chi connectivity index (χ2v) is 9.44. The van der Waals surface area contributed by atoms with Crippen LogP contribution in [0.3, 0.4) is 0 Å². The smallest absolute Gasteiger partial charge is 0.254 e. The average Bonchev–Trinajstić information content (AvgIpc) is 2.62. The second kappa shape index (κ2) is 9.06. The first-order chi connectivity index (χ1) is 14.5. The minimum Gasteiger partial charge on any atom is -0.456 e. The molecule has 0 aliphatic rings. The zero-order valence-corrected chi connectivity index (χ0v) is 18.9. The largest absolute Gasteiger partial charge is 0.456 e. The van der Waals surface area contributed by atoms with E-state index in [0.29, 0.717) is 3.57 Å². The van der Waals surface area contributed by atoms with E-state index < -0.39 is 27.6 Å². The van der Waals surface area contributed by atoms with Gasteiger partial charge in [-0.2, -0.15) is 0 Å². The van der Waals surface area contributed by atoms with Crippen molar-refractivity contribution in [3.8, 4) is 11.5 Å². The third-order valence-electron chi connectivity index (χ3n) is 3.88. The molecule has 31 heavy (non-hydrogen) atoms. The molecule has 0 fully saturated rings. The van der Waals surface area contributed by atoms with Crippen molar-refractivity contribution in [2.75, 3.05) is 16.3 Å². The Morgan fingerprint density at radius 1 is 1.06 bits per heavy atom. The molecule has 0 aliphatic heterocycles. The number of sulfonamides is 1. The molecule has 0 aromatic heterocycles. The summed E-state index contributed by atoms with van der Waals surface area (Å²) in [6, 6.07) is 12.1. The van der Waals surface area contributed by atoms with Crippen molar-refractivity contribution in [2.24, 2.45) is 5.73 Å². The number of benzene rings is 3. The van der Waals surface area contributed by atoms with Gasteiger partial charge in [-0.25, -0.2) is 17.2 Å². The van der Waals surface area contributed by atoms with Gasteiger partial charge in [-0.05, 0) is 59.0 Å². The number of amides is 1. The molecule has 0 heterocycles. The van der Waals surface area contributed by atoms with Gasteiger partial charge >= 0.3 is 0 Å². The fourth-order valence-electron chi connectivity index (χ4n) is 2.72. The number of hydrogen-bond acceptors (Lipinski definition) is 5. The van der Waals surface area contributed by atoms with Crippen molar-refractivity contribution < 1.29 is 26.7 Å². The van der Waals surface area contributed by atoms with Crippen LogP contribution >= 0.6 is 22.6 Å². The summed E-state index contributed by atoms with van der Waals surface area (Å²) in [5.74, 6) is -2.41. The highest BCUT2D eigenvalue weighted by Crippen LogP contribution is 2.35. The van der Waals surface area contributed by atoms with Crippen molar-refractivity contribution >= 4 is 55.6 Å². The lowest BCUT2D eigenvalue weighted by Crippen LogP contribution is -2.15. The normalized spacial score (nSPS) is 11.1. The van der Waals surface area contributed by atoms with E-state index in [1.54, 1.807) is 6.07 Å². The Balaban J connectivity index is 2.01. The Morgan fingerprint density at radius 3 is 2.45 bits per heavy atom. The van der Waals surface area contributed by atoms with Gasteiger partial charge in [0.2, 0.25) is 10.0 Å². The summed E-state index contributed by atoms with van der Waals surface area (Å²) in [6.07, 6.45) is 0.986. The topological polar surface area (TPSA) is 111 Å². The van der Waals surface area contributed by atoms with Crippen LogP contribution in [0.15, 0.2) is 54.6 Å². The van der Waals surface area contributed by atoms with Crippen molar-refractivity contribution in [1.82, 2.24) is 0 Å². The maximum atomic E-state index is 14.3. The first-order valence-corrected chi connectivity index (χ1v) is 11.6. The van der Waals surface area contributed by atoms with Crippen molar-refractivity contribution in [2.45, 2.75) is 0 Å². The number of anilines is 3. The van der Waals surface area contributed by atoms with Crippen molar-refractivity contribution in [1.29, 1.82) is 0 Å². The number of halogens is 3. The molecule has 162 valence electrons. The van der Waals surface area contributed by atoms with Gasteiger partial charge in [-0.15, -0.1) is 0 Å². The van der Waals surface area contributed by atoms with Gasteiger partial charge in [0.1, 0.15) is 28.7 Å². The SMILES string of the molecule is CS(=O)(=O)Nc1cccc(Oc2cc(F)cc(Nc3ccc(I)cc3F)c2C(N)=O)c1. The molecule has 3 aromatic rings. The first kappa shape index (κ1) is 22.7. The Hall–Kier alpha value is -2.93. The maximum absolute atomic E-state index is 14.3. The van der Waals surface area contributed by atoms with E-state index in [2.05, 4.69) is 10.0 Å². The standard InChI is InChI=1S/C20H16F2IN3O4S/c1-31(28,29)26-13-3-2-4-14(10-13)30-18-8-11(21)7-17(19(18)20(24)27)25-16-6-5-12(23)9-15(16)22/h2-10,25-26H,1H3,(H2,24,27). The molecule has 0 spiro atoms. The van der Waals surface area contributed by atoms with E-state index in [-0.39, 0.29) is 34.1 Å². The van der Waals surface area contributed by atoms with Gasteiger partial charge in [-0.1, -0.05) is 6.07 Å². The molecule has 4 N–H and O–H groups in total. The highest BCUT2D eigenvalue weighted by Gasteiger charge is 2.20. The number of carbonyl (C=O) groups is 1. The third-order valence-corrected chi connectivity index (χ3v) is 5.16. The van der Waals surface area contributed by atoms with Gasteiger partial charge < -0.3 is 15.8 Å². The van der Waals surface area contributed by atoms with Crippen LogP contribution in [0, 0.1) is 15.2 Å². The summed E-state index contributed by atoms with van der Waals surface area (Å²) < 4.78 is 59.9. The molecule has 0 unspecified atom stereocenters. The van der Waals surface area contributed by atoms with Gasteiger partial charge in [-0.3, -0.25) is 9.52 Å². The average molecular weight is 559 g/mol.